The first-order valence-electron chi connectivity index (χ1n) is 15.7. The zero-order valence-corrected chi connectivity index (χ0v) is 27.5. The number of nitrogens with one attached hydrogen (secondary N) is 1. The molecule has 1 unspecified atom stereocenters. The van der Waals surface area contributed by atoms with E-state index in [0.717, 1.165) is 17.8 Å². The molecule has 4 heterocycles. The average Bonchev–Trinajstić information content (AvgIpc) is 3.69. The number of rotatable bonds is 8. The van der Waals surface area contributed by atoms with E-state index < -0.39 is 65.7 Å². The summed E-state index contributed by atoms with van der Waals surface area (Å²) < 4.78 is 88.3. The number of nitrogens with zero attached hydrogens (tertiary/aromatic N) is 6. The van der Waals surface area contributed by atoms with Crippen molar-refractivity contribution in [3.8, 4) is 23.0 Å². The fourth-order valence-electron chi connectivity index (χ4n) is 6.09. The number of hydrogen-bond acceptors (Lipinski definition) is 6. The van der Waals surface area contributed by atoms with E-state index in [4.69, 9.17) is 10.7 Å². The number of pyridine rings is 2. The Balaban J connectivity index is 1.49. The van der Waals surface area contributed by atoms with E-state index >= 15 is 0 Å². The average molecular weight is 695 g/mol. The van der Waals surface area contributed by atoms with Crippen LogP contribution in [0.2, 0.25) is 0 Å². The first-order chi connectivity index (χ1) is 23.5. The van der Waals surface area contributed by atoms with Gasteiger partial charge in [-0.2, -0.15) is 13.9 Å². The van der Waals surface area contributed by atoms with Crippen molar-refractivity contribution in [2.75, 3.05) is 5.73 Å². The number of alkyl halides is 4. The number of nitrogens with two attached hydrogens (primary N) is 1. The molecule has 0 radical (unpaired) electrons. The molecule has 1 aromatic carbocycles. The van der Waals surface area contributed by atoms with Crippen LogP contribution in [0.4, 0.5) is 32.3 Å². The van der Waals surface area contributed by atoms with E-state index in [1.54, 1.807) is 35.6 Å². The second-order valence-corrected chi connectivity index (χ2v) is 13.2. The Morgan fingerprint density at radius 2 is 1.74 bits per heavy atom. The molecule has 0 spiro atoms. The lowest BCUT2D eigenvalue weighted by Gasteiger charge is -2.23. The van der Waals surface area contributed by atoms with Crippen LogP contribution < -0.4 is 11.1 Å². The molecule has 50 heavy (non-hydrogen) atoms. The number of benzene rings is 1. The van der Waals surface area contributed by atoms with E-state index in [2.05, 4.69) is 32.5 Å². The van der Waals surface area contributed by atoms with Crippen LogP contribution in [-0.4, -0.2) is 35.3 Å². The lowest BCUT2D eigenvalue weighted by Crippen LogP contribution is -2.35. The number of anilines is 1. The number of amides is 1. The van der Waals surface area contributed by atoms with Crippen molar-refractivity contribution < 1.29 is 31.1 Å². The van der Waals surface area contributed by atoms with Crippen LogP contribution in [0, 0.1) is 35.8 Å². The maximum Gasteiger partial charge on any atom is 0.290 e. The predicted octanol–water partition coefficient (Wildman–Crippen LogP) is 6.63. The molecular formula is C35H32F6N8O. The molecule has 5 aromatic rings. The van der Waals surface area contributed by atoms with Crippen molar-refractivity contribution in [2.45, 2.75) is 71.9 Å². The van der Waals surface area contributed by atoms with Crippen molar-refractivity contribution in [3.63, 3.8) is 0 Å². The SMILES string of the molecule is Cc1ccc(-c2ccc(C#CC(C)(C)C)nc2C(Cc2cc(F)cc(F)c2)NC(=O)Cn2nc(C(F)F)c3c2C(F)(F)CC3)c2nnc(N)n12. The number of halogens is 6. The highest BCUT2D eigenvalue weighted by molar-refractivity contribution is 5.82. The van der Waals surface area contributed by atoms with Crippen molar-refractivity contribution >= 4 is 17.5 Å². The molecule has 1 atom stereocenters. The normalized spacial score (nSPS) is 14.5. The molecule has 260 valence electrons. The Morgan fingerprint density at radius 3 is 2.42 bits per heavy atom. The zero-order chi connectivity index (χ0) is 36.1. The number of carbonyl (C=O) groups is 1. The Bertz CT molecular complexity index is 2170. The summed E-state index contributed by atoms with van der Waals surface area (Å²) >= 11 is 0. The van der Waals surface area contributed by atoms with E-state index in [-0.39, 0.29) is 35.6 Å². The van der Waals surface area contributed by atoms with Crippen molar-refractivity contribution in [1.82, 2.24) is 34.7 Å². The maximum atomic E-state index is 14.9. The van der Waals surface area contributed by atoms with Crippen LogP contribution in [0.15, 0.2) is 42.5 Å². The highest BCUT2D eigenvalue weighted by Crippen LogP contribution is 2.44. The van der Waals surface area contributed by atoms with Gasteiger partial charge in [0.2, 0.25) is 11.9 Å². The standard InChI is InChI=1S/C35H32F6N8O/c1-18-5-7-24(32-45-46-33(42)49(18)32)23-8-6-22(9-11-34(2,3)4)43-28(23)26(15-19-13-20(36)16-21(37)14-19)44-27(50)17-48-30-25(10-12-35(30,40)41)29(47-48)31(38)39/h5-8,13-14,16,26,31H,10,12,15,17H2,1-4H3,(H2,42,46)(H,44,50). The Morgan fingerprint density at radius 1 is 1.04 bits per heavy atom. The van der Waals surface area contributed by atoms with Gasteiger partial charge in [-0.15, -0.1) is 10.2 Å². The Kier molecular flexibility index (Phi) is 8.83. The van der Waals surface area contributed by atoms with Crippen LogP contribution in [0.1, 0.15) is 79.3 Å². The fourth-order valence-corrected chi connectivity index (χ4v) is 6.09. The highest BCUT2D eigenvalue weighted by atomic mass is 19.3. The summed E-state index contributed by atoms with van der Waals surface area (Å²) in [4.78, 5) is 18.5. The Labute approximate surface area is 282 Å². The topological polar surface area (TPSA) is 116 Å². The minimum atomic E-state index is -3.47. The monoisotopic (exact) mass is 694 g/mol. The first-order valence-corrected chi connectivity index (χ1v) is 15.7. The summed E-state index contributed by atoms with van der Waals surface area (Å²) in [6.07, 6.45) is -4.35. The van der Waals surface area contributed by atoms with Crippen LogP contribution >= 0.6 is 0 Å². The van der Waals surface area contributed by atoms with Crippen LogP contribution in [0.25, 0.3) is 16.8 Å². The molecular weight excluding hydrogens is 662 g/mol. The van der Waals surface area contributed by atoms with E-state index in [9.17, 15) is 31.1 Å². The third-order valence-corrected chi connectivity index (χ3v) is 8.20. The predicted molar refractivity (Wildman–Crippen MR) is 172 cm³/mol. The number of nitrogen functional groups attached to an aromatic ring is 1. The van der Waals surface area contributed by atoms with Gasteiger partial charge in [-0.25, -0.2) is 22.5 Å². The summed E-state index contributed by atoms with van der Waals surface area (Å²) in [7, 11) is 0. The van der Waals surface area contributed by atoms with Gasteiger partial charge in [0, 0.05) is 40.3 Å². The number of fused-ring (bicyclic) bond motifs is 2. The summed E-state index contributed by atoms with van der Waals surface area (Å²) in [5.74, 6) is 0.147. The van der Waals surface area contributed by atoms with Gasteiger partial charge in [-0.05, 0) is 88.4 Å². The van der Waals surface area contributed by atoms with Gasteiger partial charge in [0.25, 0.3) is 12.3 Å². The van der Waals surface area contributed by atoms with Gasteiger partial charge in [-0.1, -0.05) is 5.92 Å². The van der Waals surface area contributed by atoms with Crippen LogP contribution in [0.3, 0.4) is 0 Å². The van der Waals surface area contributed by atoms with Gasteiger partial charge in [0.15, 0.2) is 5.65 Å². The lowest BCUT2D eigenvalue weighted by molar-refractivity contribution is -0.122. The molecule has 9 nitrogen and oxygen atoms in total. The minimum absolute atomic E-state index is 0.119. The molecule has 1 aliphatic rings. The summed E-state index contributed by atoms with van der Waals surface area (Å²) in [5, 5.41) is 14.7. The minimum Gasteiger partial charge on any atom is -0.368 e. The maximum absolute atomic E-state index is 14.9. The molecule has 1 aliphatic carbocycles. The lowest BCUT2D eigenvalue weighted by atomic mass is 9.94. The van der Waals surface area contributed by atoms with Crippen molar-refractivity contribution in [2.24, 2.45) is 5.41 Å². The van der Waals surface area contributed by atoms with Gasteiger partial charge in [0.05, 0.1) is 11.7 Å². The summed E-state index contributed by atoms with van der Waals surface area (Å²) in [6.45, 7) is 6.68. The number of aromatic nitrogens is 6. The molecule has 1 amide bonds. The van der Waals surface area contributed by atoms with Gasteiger partial charge < -0.3 is 11.1 Å². The van der Waals surface area contributed by atoms with Gasteiger partial charge >= 0.3 is 0 Å². The van der Waals surface area contributed by atoms with E-state index in [1.807, 2.05) is 20.8 Å². The molecule has 15 heteroatoms. The third-order valence-electron chi connectivity index (χ3n) is 8.20. The fraction of sp³-hybridized carbons (Fsp3) is 0.343. The van der Waals surface area contributed by atoms with Gasteiger partial charge in [0.1, 0.15) is 35.3 Å². The Hall–Kier alpha value is -5.39. The number of carbonyl (C=O) groups excluding carboxylic acids is 1. The van der Waals surface area contributed by atoms with Gasteiger partial charge in [-0.3, -0.25) is 13.9 Å². The molecule has 0 bridgehead atoms. The second-order valence-electron chi connectivity index (χ2n) is 13.2. The molecule has 0 aliphatic heterocycles. The summed E-state index contributed by atoms with van der Waals surface area (Å²) in [6, 6.07) is 8.60. The molecule has 6 rings (SSSR count). The third kappa shape index (κ3) is 6.87. The zero-order valence-electron chi connectivity index (χ0n) is 27.5. The number of aryl methyl sites for hydroxylation is 1. The molecule has 0 saturated carbocycles. The smallest absolute Gasteiger partial charge is 0.290 e. The molecule has 4 aromatic heterocycles. The van der Waals surface area contributed by atoms with Crippen molar-refractivity contribution in [3.05, 3.63) is 93.7 Å². The quantitative estimate of drug-likeness (QED) is 0.139. The molecule has 3 N–H and O–H groups in total. The highest BCUT2D eigenvalue weighted by Gasteiger charge is 2.46. The molecule has 0 fully saturated rings. The van der Waals surface area contributed by atoms with Crippen molar-refractivity contribution in [1.29, 1.82) is 0 Å². The first kappa shape index (κ1) is 34.5. The van der Waals surface area contributed by atoms with E-state index in [1.165, 1.54) is 0 Å². The van der Waals surface area contributed by atoms with Crippen LogP contribution in [-0.2, 0) is 30.1 Å². The van der Waals surface area contributed by atoms with E-state index in [0.29, 0.717) is 33.2 Å². The molecule has 0 saturated heterocycles. The van der Waals surface area contributed by atoms with Crippen LogP contribution in [0.5, 0.6) is 0 Å². The largest absolute Gasteiger partial charge is 0.368 e. The number of hydrogen-bond donors (Lipinski definition) is 2. The summed E-state index contributed by atoms with van der Waals surface area (Å²) in [5.41, 5.74) is 6.50. The second kappa shape index (κ2) is 12.8.